The van der Waals surface area contributed by atoms with Gasteiger partial charge in [0.15, 0.2) is 0 Å². The quantitative estimate of drug-likeness (QED) is 0.406. The van der Waals surface area contributed by atoms with Gasteiger partial charge in [-0.05, 0) is 33.1 Å². The lowest BCUT2D eigenvalue weighted by molar-refractivity contribution is -0.155. The second-order valence-electron chi connectivity index (χ2n) is 5.08. The van der Waals surface area contributed by atoms with E-state index in [1.807, 2.05) is 6.92 Å². The van der Waals surface area contributed by atoms with E-state index in [0.717, 1.165) is 19.3 Å². The predicted molar refractivity (Wildman–Crippen MR) is 56.4 cm³/mol. The zero-order chi connectivity index (χ0) is 11.1. The van der Waals surface area contributed by atoms with E-state index in [2.05, 4.69) is 13.5 Å². The highest BCUT2D eigenvalue weighted by molar-refractivity contribution is 5.77. The molecular formula is C12H18O3. The Morgan fingerprint density at radius 1 is 1.67 bits per heavy atom. The van der Waals surface area contributed by atoms with Crippen LogP contribution in [0.5, 0.6) is 0 Å². The first-order valence-electron chi connectivity index (χ1n) is 5.46. The van der Waals surface area contributed by atoms with E-state index in [1.165, 1.54) is 0 Å². The molecule has 15 heavy (non-hydrogen) atoms. The average molecular weight is 210 g/mol. The third-order valence-corrected chi connectivity index (χ3v) is 3.56. The van der Waals surface area contributed by atoms with E-state index in [0.29, 0.717) is 12.7 Å². The number of hydrogen-bond donors (Lipinski definition) is 0. The molecule has 0 spiro atoms. The smallest absolute Gasteiger partial charge is 0.312 e. The molecule has 1 aliphatic carbocycles. The highest BCUT2D eigenvalue weighted by Crippen LogP contribution is 2.54. The van der Waals surface area contributed by atoms with E-state index in [9.17, 15) is 4.79 Å². The molecule has 1 aliphatic heterocycles. The van der Waals surface area contributed by atoms with E-state index in [-0.39, 0.29) is 17.0 Å². The molecule has 2 fully saturated rings. The molecule has 3 atom stereocenters. The summed E-state index contributed by atoms with van der Waals surface area (Å²) in [6, 6.07) is 0. The van der Waals surface area contributed by atoms with Gasteiger partial charge >= 0.3 is 5.97 Å². The van der Waals surface area contributed by atoms with Gasteiger partial charge in [0.2, 0.25) is 0 Å². The SMILES string of the molecule is C=CCOC(=O)C1(C)CCC2OC2(C)C1. The number of esters is 1. The third-order valence-electron chi connectivity index (χ3n) is 3.56. The van der Waals surface area contributed by atoms with Gasteiger partial charge in [0.05, 0.1) is 17.1 Å². The van der Waals surface area contributed by atoms with Gasteiger partial charge in [0.25, 0.3) is 0 Å². The summed E-state index contributed by atoms with van der Waals surface area (Å²) in [5.74, 6) is -0.113. The first-order valence-corrected chi connectivity index (χ1v) is 5.46. The maximum Gasteiger partial charge on any atom is 0.312 e. The summed E-state index contributed by atoms with van der Waals surface area (Å²) >= 11 is 0. The van der Waals surface area contributed by atoms with Gasteiger partial charge in [-0.25, -0.2) is 0 Å². The van der Waals surface area contributed by atoms with Gasteiger partial charge in [0.1, 0.15) is 6.61 Å². The molecule has 1 saturated carbocycles. The molecule has 0 radical (unpaired) electrons. The van der Waals surface area contributed by atoms with Crippen molar-refractivity contribution in [1.82, 2.24) is 0 Å². The van der Waals surface area contributed by atoms with Crippen molar-refractivity contribution in [2.45, 2.75) is 44.8 Å². The molecule has 0 aromatic carbocycles. The molecule has 1 heterocycles. The Hall–Kier alpha value is -0.830. The van der Waals surface area contributed by atoms with Crippen molar-refractivity contribution in [2.75, 3.05) is 6.61 Å². The largest absolute Gasteiger partial charge is 0.461 e. The number of ether oxygens (including phenoxy) is 2. The summed E-state index contributed by atoms with van der Waals surface area (Å²) < 4.78 is 10.7. The second-order valence-corrected chi connectivity index (χ2v) is 5.08. The highest BCUT2D eigenvalue weighted by Gasteiger charge is 2.60. The number of fused-ring (bicyclic) bond motifs is 1. The van der Waals surface area contributed by atoms with E-state index >= 15 is 0 Å². The Morgan fingerprint density at radius 2 is 2.40 bits per heavy atom. The van der Waals surface area contributed by atoms with E-state index in [4.69, 9.17) is 9.47 Å². The van der Waals surface area contributed by atoms with Gasteiger partial charge in [-0.15, -0.1) is 0 Å². The maximum absolute atomic E-state index is 11.9. The predicted octanol–water partition coefficient (Wildman–Crippen LogP) is 2.06. The fourth-order valence-electron chi connectivity index (χ4n) is 2.61. The van der Waals surface area contributed by atoms with E-state index < -0.39 is 0 Å². The lowest BCUT2D eigenvalue weighted by Crippen LogP contribution is -2.38. The lowest BCUT2D eigenvalue weighted by atomic mass is 9.71. The maximum atomic E-state index is 11.9. The molecule has 84 valence electrons. The fraction of sp³-hybridized carbons (Fsp3) is 0.750. The summed E-state index contributed by atoms with van der Waals surface area (Å²) in [6.45, 7) is 7.89. The van der Waals surface area contributed by atoms with Crippen molar-refractivity contribution in [3.05, 3.63) is 12.7 Å². The van der Waals surface area contributed by atoms with Crippen LogP contribution in [0.15, 0.2) is 12.7 Å². The third kappa shape index (κ3) is 1.81. The zero-order valence-electron chi connectivity index (χ0n) is 9.41. The molecule has 3 heteroatoms. The van der Waals surface area contributed by atoms with Crippen molar-refractivity contribution in [3.8, 4) is 0 Å². The molecule has 2 rings (SSSR count). The summed E-state index contributed by atoms with van der Waals surface area (Å²) in [7, 11) is 0. The van der Waals surface area contributed by atoms with Crippen LogP contribution in [0.3, 0.4) is 0 Å². The van der Waals surface area contributed by atoms with Crippen molar-refractivity contribution in [1.29, 1.82) is 0 Å². The van der Waals surface area contributed by atoms with Crippen LogP contribution < -0.4 is 0 Å². The summed E-state index contributed by atoms with van der Waals surface area (Å²) in [5, 5.41) is 0. The lowest BCUT2D eigenvalue weighted by Gasteiger charge is -2.31. The van der Waals surface area contributed by atoms with Gasteiger partial charge in [-0.2, -0.15) is 0 Å². The van der Waals surface area contributed by atoms with Gasteiger partial charge in [0, 0.05) is 0 Å². The van der Waals surface area contributed by atoms with Crippen LogP contribution in [0.25, 0.3) is 0 Å². The molecule has 0 amide bonds. The molecule has 0 bridgehead atoms. The minimum absolute atomic E-state index is 0.0692. The van der Waals surface area contributed by atoms with E-state index in [1.54, 1.807) is 6.08 Å². The van der Waals surface area contributed by atoms with Gasteiger partial charge in [-0.3, -0.25) is 4.79 Å². The molecule has 3 nitrogen and oxygen atoms in total. The van der Waals surface area contributed by atoms with Crippen molar-refractivity contribution in [2.24, 2.45) is 5.41 Å². The molecule has 0 N–H and O–H groups in total. The van der Waals surface area contributed by atoms with Crippen LogP contribution in [0.1, 0.15) is 33.1 Å². The summed E-state index contributed by atoms with van der Waals surface area (Å²) in [5.41, 5.74) is -0.440. The van der Waals surface area contributed by atoms with Gasteiger partial charge < -0.3 is 9.47 Å². The first kappa shape index (κ1) is 10.7. The fourth-order valence-corrected chi connectivity index (χ4v) is 2.61. The number of hydrogen-bond acceptors (Lipinski definition) is 3. The van der Waals surface area contributed by atoms with Crippen LogP contribution in [0, 0.1) is 5.41 Å². The van der Waals surface area contributed by atoms with Crippen LogP contribution in [0.2, 0.25) is 0 Å². The van der Waals surface area contributed by atoms with Crippen LogP contribution in [0.4, 0.5) is 0 Å². The number of carbonyl (C=O) groups is 1. The van der Waals surface area contributed by atoms with Crippen LogP contribution in [-0.4, -0.2) is 24.3 Å². The summed E-state index contributed by atoms with van der Waals surface area (Å²) in [4.78, 5) is 11.9. The van der Waals surface area contributed by atoms with Crippen LogP contribution in [-0.2, 0) is 14.3 Å². The molecular weight excluding hydrogens is 192 g/mol. The molecule has 0 aromatic rings. The Labute approximate surface area is 90.4 Å². The Bertz CT molecular complexity index is 299. The molecule has 1 saturated heterocycles. The minimum atomic E-state index is -0.370. The van der Waals surface area contributed by atoms with Crippen LogP contribution >= 0.6 is 0 Å². The summed E-state index contributed by atoms with van der Waals surface area (Å²) in [6.07, 6.45) is 4.58. The van der Waals surface area contributed by atoms with Crippen molar-refractivity contribution in [3.63, 3.8) is 0 Å². The molecule has 3 unspecified atom stereocenters. The average Bonchev–Trinajstić information content (AvgIpc) is 2.84. The van der Waals surface area contributed by atoms with Gasteiger partial charge in [-0.1, -0.05) is 12.7 Å². The zero-order valence-corrected chi connectivity index (χ0v) is 9.41. The Morgan fingerprint density at radius 3 is 3.00 bits per heavy atom. The van der Waals surface area contributed by atoms with Crippen molar-refractivity contribution >= 4 is 5.97 Å². The minimum Gasteiger partial charge on any atom is -0.461 e. The Kier molecular flexibility index (Phi) is 2.38. The number of epoxide rings is 1. The van der Waals surface area contributed by atoms with Crippen molar-refractivity contribution < 1.29 is 14.3 Å². The highest BCUT2D eigenvalue weighted by atomic mass is 16.6. The number of rotatable bonds is 3. The molecule has 0 aromatic heterocycles. The normalized spacial score (nSPS) is 42.9. The Balaban J connectivity index is 1.99. The monoisotopic (exact) mass is 210 g/mol. The topological polar surface area (TPSA) is 38.8 Å². The first-order chi connectivity index (χ1) is 7.00. The molecule has 2 aliphatic rings. The second kappa shape index (κ2) is 3.34. The number of carbonyl (C=O) groups excluding carboxylic acids is 1. The standard InChI is InChI=1S/C12H18O3/c1-4-7-14-10(13)11(2)6-5-9-12(3,8-11)15-9/h4,9H,1,5-8H2,2-3H3.